The van der Waals surface area contributed by atoms with Crippen LogP contribution in [0, 0.1) is 23.7 Å². The molecular formula is C50H56N8O8. The number of imidazole rings is 1. The third-order valence-electron chi connectivity index (χ3n) is 15.2. The molecule has 4 aromatic rings. The Kier molecular flexibility index (Phi) is 11.3. The number of pyridine rings is 1. The molecule has 4 saturated heterocycles. The molecule has 2 aliphatic carbocycles. The van der Waals surface area contributed by atoms with Crippen molar-refractivity contribution in [2.24, 2.45) is 28.7 Å². The highest BCUT2D eigenvalue weighted by Gasteiger charge is 2.58. The van der Waals surface area contributed by atoms with E-state index in [1.165, 1.54) is 14.2 Å². The Morgan fingerprint density at radius 2 is 1.29 bits per heavy atom. The number of fused-ring (bicyclic) bond motifs is 3. The normalized spacial score (nSPS) is 26.8. The first-order valence-corrected chi connectivity index (χ1v) is 23.6. The van der Waals surface area contributed by atoms with E-state index < -0.39 is 24.3 Å². The number of nitrogens with one attached hydrogen (secondary N) is 3. The zero-order valence-corrected chi connectivity index (χ0v) is 37.3. The highest BCUT2D eigenvalue weighted by atomic mass is 16.5. The first-order valence-electron chi connectivity index (χ1n) is 23.6. The molecule has 3 N–H and O–H groups in total. The number of methoxy groups -OCH3 is 2. The van der Waals surface area contributed by atoms with E-state index in [0.717, 1.165) is 81.8 Å². The average Bonchev–Trinajstić information content (AvgIpc) is 3.94. The Morgan fingerprint density at radius 3 is 1.91 bits per heavy atom. The quantitative estimate of drug-likeness (QED) is 0.151. The summed E-state index contributed by atoms with van der Waals surface area (Å²) in [5.74, 6) is 1.49. The van der Waals surface area contributed by atoms with E-state index in [2.05, 4.69) is 70.2 Å². The molecule has 0 bridgehead atoms. The lowest BCUT2D eigenvalue weighted by Crippen LogP contribution is -2.56. The molecule has 7 aliphatic rings. The fraction of sp³-hybridized carbons (Fsp3) is 0.500. The monoisotopic (exact) mass is 896 g/mol. The highest BCUT2D eigenvalue weighted by Crippen LogP contribution is 2.54. The van der Waals surface area contributed by atoms with Crippen LogP contribution in [0.5, 0.6) is 0 Å². The van der Waals surface area contributed by atoms with Gasteiger partial charge in [-0.1, -0.05) is 36.4 Å². The summed E-state index contributed by atoms with van der Waals surface area (Å²) >= 11 is 0. The minimum Gasteiger partial charge on any atom is -0.453 e. The summed E-state index contributed by atoms with van der Waals surface area (Å²) < 4.78 is 21.0. The predicted molar refractivity (Wildman–Crippen MR) is 244 cm³/mol. The summed E-state index contributed by atoms with van der Waals surface area (Å²) in [6.07, 6.45) is 9.66. The Labute approximate surface area is 382 Å². The number of piperidine rings is 2. The number of likely N-dealkylation sites (tertiary alicyclic amines) is 2. The van der Waals surface area contributed by atoms with Crippen molar-refractivity contribution < 1.29 is 38.1 Å². The van der Waals surface area contributed by atoms with Gasteiger partial charge in [0.05, 0.1) is 49.4 Å². The van der Waals surface area contributed by atoms with Gasteiger partial charge in [0, 0.05) is 67.8 Å². The molecule has 5 aliphatic heterocycles. The summed E-state index contributed by atoms with van der Waals surface area (Å²) in [6.45, 7) is 2.27. The summed E-state index contributed by atoms with van der Waals surface area (Å²) in [6, 6.07) is 17.5. The van der Waals surface area contributed by atoms with Crippen molar-refractivity contribution in [3.63, 3.8) is 0 Å². The number of hydrogen-bond acceptors (Lipinski definition) is 11. The topological polar surface area (TPSA) is 190 Å². The molecule has 11 rings (SSSR count). The zero-order chi connectivity index (χ0) is 45.1. The van der Waals surface area contributed by atoms with Gasteiger partial charge in [-0.05, 0) is 110 Å². The van der Waals surface area contributed by atoms with Crippen LogP contribution in [0.1, 0.15) is 75.3 Å². The molecule has 2 aromatic carbocycles. The van der Waals surface area contributed by atoms with E-state index >= 15 is 0 Å². The van der Waals surface area contributed by atoms with Crippen LogP contribution in [0.4, 0.5) is 9.59 Å². The number of nitrogens with zero attached hydrogens (tertiary/aromatic N) is 5. The van der Waals surface area contributed by atoms with Gasteiger partial charge < -0.3 is 44.4 Å². The van der Waals surface area contributed by atoms with Crippen molar-refractivity contribution in [2.45, 2.75) is 94.0 Å². The molecular weight excluding hydrogens is 841 g/mol. The van der Waals surface area contributed by atoms with Crippen molar-refractivity contribution in [1.82, 2.24) is 35.4 Å². The first kappa shape index (κ1) is 42.5. The summed E-state index contributed by atoms with van der Waals surface area (Å²) in [4.78, 5) is 75.6. The summed E-state index contributed by atoms with van der Waals surface area (Å²) in [5.41, 5.74) is 7.75. The number of aromatic amines is 1. The average molecular weight is 897 g/mol. The third-order valence-corrected chi connectivity index (χ3v) is 15.2. The maximum Gasteiger partial charge on any atom is 0.407 e. The Hall–Kier alpha value is -6.13. The van der Waals surface area contributed by atoms with Crippen LogP contribution in [-0.4, -0.2) is 125 Å². The zero-order valence-electron chi connectivity index (χ0n) is 37.3. The maximum atomic E-state index is 14.3. The Morgan fingerprint density at radius 1 is 0.712 bits per heavy atom. The molecule has 0 spiro atoms. The summed E-state index contributed by atoms with van der Waals surface area (Å²) in [7, 11) is 2.65. The Balaban J connectivity index is 0.746. The lowest BCUT2D eigenvalue weighted by molar-refractivity contribution is -0.138. The van der Waals surface area contributed by atoms with Crippen LogP contribution in [0.25, 0.3) is 38.9 Å². The molecule has 2 aromatic heterocycles. The van der Waals surface area contributed by atoms with Gasteiger partial charge >= 0.3 is 12.2 Å². The largest absolute Gasteiger partial charge is 0.453 e. The molecule has 8 atom stereocenters. The number of carbonyl (C=O) groups is 4. The first-order chi connectivity index (χ1) is 32.2. The number of rotatable bonds is 11. The van der Waals surface area contributed by atoms with Crippen LogP contribution in [0.2, 0.25) is 0 Å². The number of allylic oxidation sites excluding steroid dienone is 1. The number of H-pyrrole nitrogens is 1. The summed E-state index contributed by atoms with van der Waals surface area (Å²) in [5, 5.41) is 6.75. The van der Waals surface area contributed by atoms with Crippen molar-refractivity contribution >= 4 is 46.2 Å². The van der Waals surface area contributed by atoms with E-state index in [4.69, 9.17) is 33.9 Å². The number of amides is 4. The van der Waals surface area contributed by atoms with Gasteiger partial charge in [-0.2, -0.15) is 0 Å². The molecule has 0 unspecified atom stereocenters. The molecule has 0 radical (unpaired) electrons. The standard InChI is InChI=1S/C50H56N8O8/c1-63-49(61)55-44(29-11-15-65-16-12-29)47(59)57-40-21-33(40)23-42(57)38-20-35(25-51-38)37-10-8-32-19-31(7-9-36(32)53-37)27-3-5-28(6-4-27)39-26-52-46(54-39)43-24-34-22-41(34)58(43)48(60)45(56-50(62)64-2)30-13-17-66-18-14-30/h3-10,19,25-26,29-30,33-34,40-45H,11-18,20-24H2,1-2H3,(H,52,54)(H,55,61)(H,56,62)/t33-,34-,40-,41-,42+,43+,44+,45+/m1/s1. The maximum absolute atomic E-state index is 14.3. The fourth-order valence-corrected chi connectivity index (χ4v) is 11.4. The molecule has 7 heterocycles. The van der Waals surface area contributed by atoms with E-state index in [1.54, 1.807) is 0 Å². The Bertz CT molecular complexity index is 2600. The number of hydrogen-bond donors (Lipinski definition) is 3. The molecule has 4 amide bonds. The number of benzene rings is 2. The van der Waals surface area contributed by atoms with E-state index in [1.807, 2.05) is 22.2 Å². The molecule has 6 fully saturated rings. The molecule has 2 saturated carbocycles. The number of aromatic nitrogens is 3. The second kappa shape index (κ2) is 17.6. The molecule has 344 valence electrons. The van der Waals surface area contributed by atoms with E-state index in [0.29, 0.717) is 70.4 Å². The van der Waals surface area contributed by atoms with Gasteiger partial charge in [-0.3, -0.25) is 14.6 Å². The number of aliphatic imine (C=N–C) groups is 1. The van der Waals surface area contributed by atoms with Crippen LogP contribution in [0.15, 0.2) is 72.0 Å². The van der Waals surface area contributed by atoms with Crippen LogP contribution in [0.3, 0.4) is 0 Å². The second-order valence-electron chi connectivity index (χ2n) is 19.1. The molecule has 16 heteroatoms. The predicted octanol–water partition coefficient (Wildman–Crippen LogP) is 6.43. The van der Waals surface area contributed by atoms with Gasteiger partial charge in [-0.25, -0.2) is 19.6 Å². The van der Waals surface area contributed by atoms with Crippen LogP contribution >= 0.6 is 0 Å². The van der Waals surface area contributed by atoms with Crippen molar-refractivity contribution in [3.8, 4) is 22.4 Å². The number of ether oxygens (including phenoxy) is 4. The van der Waals surface area contributed by atoms with E-state index in [9.17, 15) is 19.2 Å². The van der Waals surface area contributed by atoms with Gasteiger partial charge in [-0.15, -0.1) is 0 Å². The lowest BCUT2D eigenvalue weighted by atomic mass is 9.90. The van der Waals surface area contributed by atoms with Gasteiger partial charge in [0.15, 0.2) is 0 Å². The van der Waals surface area contributed by atoms with Gasteiger partial charge in [0.1, 0.15) is 17.9 Å². The van der Waals surface area contributed by atoms with Crippen LogP contribution < -0.4 is 10.6 Å². The highest BCUT2D eigenvalue weighted by molar-refractivity contribution is 6.04. The van der Waals surface area contributed by atoms with Crippen molar-refractivity contribution in [2.75, 3.05) is 40.6 Å². The SMILES string of the molecule is COC(=O)N[C@H](C(=O)N1[C@@H]2C[C@@H]2C[C@H]1C1=NC=C(c2ccc3cc(-c4ccc(-c5cnc([C@@H]6C[C@H]7C[C@H]7N6C(=O)[C@@H](NC(=O)OC)C6CCOCC6)[nH]5)cc4)ccc3n2)C1)C1CCOCC1. The molecule has 16 nitrogen and oxygen atoms in total. The van der Waals surface area contributed by atoms with E-state index in [-0.39, 0.29) is 47.8 Å². The van der Waals surface area contributed by atoms with Crippen LogP contribution in [-0.2, 0) is 28.5 Å². The minimum atomic E-state index is -0.675. The van der Waals surface area contributed by atoms with Gasteiger partial charge in [0.2, 0.25) is 11.8 Å². The van der Waals surface area contributed by atoms with Crippen molar-refractivity contribution in [1.29, 1.82) is 0 Å². The third kappa shape index (κ3) is 8.11. The van der Waals surface area contributed by atoms with Crippen molar-refractivity contribution in [3.05, 3.63) is 78.5 Å². The second-order valence-corrected chi connectivity index (χ2v) is 19.1. The minimum absolute atomic E-state index is 0.0117. The fourth-order valence-electron chi connectivity index (χ4n) is 11.4. The van der Waals surface area contributed by atoms with Gasteiger partial charge in [0.25, 0.3) is 0 Å². The number of alkyl carbamates (subject to hydrolysis) is 2. The number of carbonyl (C=O) groups excluding carboxylic acids is 4. The molecule has 66 heavy (non-hydrogen) atoms. The lowest BCUT2D eigenvalue weighted by Gasteiger charge is -2.36. The smallest absolute Gasteiger partial charge is 0.407 e.